The fourth-order valence-electron chi connectivity index (χ4n) is 5.79. The lowest BCUT2D eigenvalue weighted by molar-refractivity contribution is -0.0345. The summed E-state index contributed by atoms with van der Waals surface area (Å²) in [7, 11) is 1.32. The lowest BCUT2D eigenvalue weighted by Gasteiger charge is -2.25. The Hall–Kier alpha value is -3.30. The molecule has 2 fully saturated rings. The van der Waals surface area contributed by atoms with Crippen LogP contribution in [0.3, 0.4) is 0 Å². The maximum atomic E-state index is 6.66. The Kier molecular flexibility index (Phi) is 10.3. The lowest BCUT2D eigenvalue weighted by Crippen LogP contribution is -2.33. The first kappa shape index (κ1) is 29.8. The van der Waals surface area contributed by atoms with Crippen LogP contribution < -0.4 is 0 Å². The van der Waals surface area contributed by atoms with Crippen molar-refractivity contribution >= 4 is 7.12 Å². The molecule has 43 heavy (non-hydrogen) atoms. The second-order valence-corrected chi connectivity index (χ2v) is 11.2. The molecular weight excluding hydrogens is 539 g/mol. The van der Waals surface area contributed by atoms with Gasteiger partial charge in [0, 0.05) is 7.11 Å². The van der Waals surface area contributed by atoms with E-state index in [2.05, 4.69) is 48.5 Å². The van der Waals surface area contributed by atoms with E-state index in [1.165, 1.54) is 0 Å². The molecular formula is C36H39BO6. The number of benzene rings is 4. The SMILES string of the molecule is COCOC[C@@H]1C[C@H]1B1O[C@H](COC(c2ccccc2)c2ccccc2)[C@@H](COC(c2ccccc2)c2ccccc2)O1. The Morgan fingerprint density at radius 2 is 1.00 bits per heavy atom. The molecule has 4 aromatic rings. The summed E-state index contributed by atoms with van der Waals surface area (Å²) in [6.07, 6.45) is -0.00202. The van der Waals surface area contributed by atoms with Gasteiger partial charge < -0.3 is 28.3 Å². The Balaban J connectivity index is 1.18. The second-order valence-electron chi connectivity index (χ2n) is 11.2. The Morgan fingerprint density at radius 1 is 0.605 bits per heavy atom. The molecule has 1 saturated carbocycles. The standard InChI is InChI=1S/C36H39BO6/c1-38-26-39-23-31-22-32(31)37-42-33(24-40-35(27-14-6-2-7-15-27)28-16-8-3-9-17-28)34(43-37)25-41-36(29-18-10-4-11-19-29)30-20-12-5-13-21-30/h2-21,31-36H,22-26H2,1H3/t31-,32+,33+,34+/m0/s1. The van der Waals surface area contributed by atoms with Gasteiger partial charge in [-0.1, -0.05) is 121 Å². The monoisotopic (exact) mass is 578 g/mol. The molecule has 222 valence electrons. The minimum absolute atomic E-state index is 0.218. The van der Waals surface area contributed by atoms with Gasteiger partial charge in [0.15, 0.2) is 0 Å². The molecule has 0 bridgehead atoms. The van der Waals surface area contributed by atoms with Crippen molar-refractivity contribution in [2.45, 2.75) is 36.7 Å². The molecule has 1 heterocycles. The number of methoxy groups -OCH3 is 1. The lowest BCUT2D eigenvalue weighted by atomic mass is 9.81. The van der Waals surface area contributed by atoms with Crippen LogP contribution in [0.2, 0.25) is 5.82 Å². The molecule has 0 spiro atoms. The van der Waals surface area contributed by atoms with Gasteiger partial charge in [-0.25, -0.2) is 0 Å². The fourth-order valence-corrected chi connectivity index (χ4v) is 5.79. The van der Waals surface area contributed by atoms with E-state index in [0.717, 1.165) is 28.7 Å². The molecule has 0 unspecified atom stereocenters. The van der Waals surface area contributed by atoms with Gasteiger partial charge in [0.1, 0.15) is 19.0 Å². The summed E-state index contributed by atoms with van der Waals surface area (Å²) in [5, 5.41) is 0. The molecule has 0 N–H and O–H groups in total. The first-order chi connectivity index (χ1) is 21.3. The highest BCUT2D eigenvalue weighted by atomic mass is 16.7. The van der Waals surface area contributed by atoms with Crippen LogP contribution in [0.1, 0.15) is 40.9 Å². The minimum Gasteiger partial charge on any atom is -0.403 e. The van der Waals surface area contributed by atoms with Gasteiger partial charge >= 0.3 is 7.12 Å². The highest BCUT2D eigenvalue weighted by Crippen LogP contribution is 2.50. The molecule has 4 atom stereocenters. The maximum Gasteiger partial charge on any atom is 0.461 e. The zero-order valence-corrected chi connectivity index (χ0v) is 24.6. The van der Waals surface area contributed by atoms with Crippen molar-refractivity contribution in [3.05, 3.63) is 144 Å². The van der Waals surface area contributed by atoms with Gasteiger partial charge in [-0.05, 0) is 40.4 Å². The van der Waals surface area contributed by atoms with E-state index < -0.39 is 0 Å². The van der Waals surface area contributed by atoms with Crippen molar-refractivity contribution < 1.29 is 28.3 Å². The summed E-state index contributed by atoms with van der Waals surface area (Å²) in [6.45, 7) is 1.68. The number of ether oxygens (including phenoxy) is 4. The molecule has 1 aliphatic heterocycles. The van der Waals surface area contributed by atoms with Gasteiger partial charge in [0.2, 0.25) is 0 Å². The van der Waals surface area contributed by atoms with Crippen LogP contribution in [0.15, 0.2) is 121 Å². The van der Waals surface area contributed by atoms with Crippen LogP contribution in [-0.2, 0) is 28.3 Å². The highest BCUT2D eigenvalue weighted by molar-refractivity contribution is 6.48. The van der Waals surface area contributed by atoms with Gasteiger partial charge in [-0.15, -0.1) is 0 Å². The normalized spacial score (nSPS) is 21.5. The Bertz CT molecular complexity index is 1190. The van der Waals surface area contributed by atoms with E-state index in [4.69, 9.17) is 28.3 Å². The largest absolute Gasteiger partial charge is 0.461 e. The molecule has 6 rings (SSSR count). The van der Waals surface area contributed by atoms with Crippen molar-refractivity contribution in [3.63, 3.8) is 0 Å². The molecule has 0 amide bonds. The molecule has 7 heteroatoms. The maximum absolute atomic E-state index is 6.66. The van der Waals surface area contributed by atoms with Gasteiger partial charge in [-0.3, -0.25) is 0 Å². The summed E-state index contributed by atoms with van der Waals surface area (Å²) in [4.78, 5) is 0. The average Bonchev–Trinajstić information content (AvgIpc) is 3.73. The average molecular weight is 579 g/mol. The van der Waals surface area contributed by atoms with Crippen LogP contribution in [0, 0.1) is 5.92 Å². The van der Waals surface area contributed by atoms with E-state index >= 15 is 0 Å². The third kappa shape index (κ3) is 7.81. The number of hydrogen-bond donors (Lipinski definition) is 0. The predicted molar refractivity (Wildman–Crippen MR) is 167 cm³/mol. The summed E-state index contributed by atoms with van der Waals surface area (Å²) in [6, 6.07) is 41.3. The second kappa shape index (κ2) is 14.9. The van der Waals surface area contributed by atoms with Gasteiger partial charge in [0.25, 0.3) is 0 Å². The molecule has 0 radical (unpaired) electrons. The highest BCUT2D eigenvalue weighted by Gasteiger charge is 2.54. The quantitative estimate of drug-likeness (QED) is 0.0871. The van der Waals surface area contributed by atoms with Gasteiger partial charge in [-0.2, -0.15) is 0 Å². The Labute approximate surface area is 255 Å². The third-order valence-corrected chi connectivity index (χ3v) is 8.16. The minimum atomic E-state index is -0.322. The summed E-state index contributed by atoms with van der Waals surface area (Å²) in [5.41, 5.74) is 4.40. The first-order valence-corrected chi connectivity index (χ1v) is 15.1. The molecule has 1 saturated heterocycles. The predicted octanol–water partition coefficient (Wildman–Crippen LogP) is 6.88. The topological polar surface area (TPSA) is 55.4 Å². The van der Waals surface area contributed by atoms with Crippen molar-refractivity contribution in [2.75, 3.05) is 33.7 Å². The smallest absolute Gasteiger partial charge is 0.403 e. The molecule has 4 aromatic carbocycles. The van der Waals surface area contributed by atoms with Crippen LogP contribution in [-0.4, -0.2) is 53.0 Å². The number of rotatable bonds is 15. The summed E-state index contributed by atoms with van der Waals surface area (Å²) in [5.74, 6) is 0.673. The van der Waals surface area contributed by atoms with Crippen molar-refractivity contribution in [3.8, 4) is 0 Å². The van der Waals surface area contributed by atoms with E-state index in [1.54, 1.807) is 7.11 Å². The fraction of sp³-hybridized carbons (Fsp3) is 0.333. The molecule has 1 aliphatic carbocycles. The van der Waals surface area contributed by atoms with Crippen LogP contribution in [0.25, 0.3) is 0 Å². The zero-order chi connectivity index (χ0) is 29.3. The molecule has 6 nitrogen and oxygen atoms in total. The molecule has 0 aromatic heterocycles. The molecule has 2 aliphatic rings. The van der Waals surface area contributed by atoms with Crippen LogP contribution in [0.4, 0.5) is 0 Å². The summed E-state index contributed by atoms with van der Waals surface area (Å²) >= 11 is 0. The van der Waals surface area contributed by atoms with Crippen LogP contribution >= 0.6 is 0 Å². The van der Waals surface area contributed by atoms with Crippen LogP contribution in [0.5, 0.6) is 0 Å². The number of hydrogen-bond acceptors (Lipinski definition) is 6. The Morgan fingerprint density at radius 3 is 1.37 bits per heavy atom. The van der Waals surface area contributed by atoms with E-state index in [0.29, 0.717) is 32.5 Å². The van der Waals surface area contributed by atoms with Crippen molar-refractivity contribution in [2.24, 2.45) is 5.92 Å². The van der Waals surface area contributed by atoms with Gasteiger partial charge in [0.05, 0.1) is 32.0 Å². The van der Waals surface area contributed by atoms with E-state index in [1.807, 2.05) is 72.8 Å². The zero-order valence-electron chi connectivity index (χ0n) is 24.6. The van der Waals surface area contributed by atoms with Crippen molar-refractivity contribution in [1.82, 2.24) is 0 Å². The van der Waals surface area contributed by atoms with E-state index in [-0.39, 0.29) is 37.4 Å². The third-order valence-electron chi connectivity index (χ3n) is 8.16. The van der Waals surface area contributed by atoms with Crippen molar-refractivity contribution in [1.29, 1.82) is 0 Å². The first-order valence-electron chi connectivity index (χ1n) is 15.1. The van der Waals surface area contributed by atoms with E-state index in [9.17, 15) is 0 Å². The summed E-state index contributed by atoms with van der Waals surface area (Å²) < 4.78 is 37.2.